The molecule has 1 N–H and O–H groups in total. The van der Waals surface area contributed by atoms with Crippen molar-refractivity contribution < 1.29 is 9.90 Å². The maximum Gasteiger partial charge on any atom is 0.323 e. The van der Waals surface area contributed by atoms with Crippen LogP contribution >= 0.6 is 11.6 Å². The number of carboxylic acid groups (broad SMARTS) is 1. The van der Waals surface area contributed by atoms with E-state index in [4.69, 9.17) is 16.7 Å². The lowest BCUT2D eigenvalue weighted by Gasteiger charge is -2.24. The van der Waals surface area contributed by atoms with E-state index >= 15 is 0 Å². The molecular formula is C12H16ClNO2. The van der Waals surface area contributed by atoms with Crippen molar-refractivity contribution in [2.75, 3.05) is 18.0 Å². The second kappa shape index (κ2) is 5.75. The van der Waals surface area contributed by atoms with E-state index in [0.29, 0.717) is 11.6 Å². The highest BCUT2D eigenvalue weighted by Gasteiger charge is 2.13. The van der Waals surface area contributed by atoms with Crippen molar-refractivity contribution in [2.45, 2.75) is 20.3 Å². The van der Waals surface area contributed by atoms with Crippen molar-refractivity contribution in [1.29, 1.82) is 0 Å². The molecule has 3 nitrogen and oxygen atoms in total. The number of rotatable bonds is 5. The van der Waals surface area contributed by atoms with Crippen LogP contribution in [0.25, 0.3) is 0 Å². The molecule has 0 saturated heterocycles. The number of nitrogens with zero attached hydrogens (tertiary/aromatic N) is 1. The Kier molecular flexibility index (Phi) is 4.62. The largest absolute Gasteiger partial charge is 0.480 e. The Bertz CT molecular complexity index is 379. The molecule has 0 amide bonds. The molecule has 0 bridgehead atoms. The molecule has 0 saturated carbocycles. The van der Waals surface area contributed by atoms with Crippen LogP contribution in [0, 0.1) is 6.92 Å². The summed E-state index contributed by atoms with van der Waals surface area (Å²) < 4.78 is 0. The van der Waals surface area contributed by atoms with Crippen LogP contribution in [0.2, 0.25) is 5.02 Å². The number of carbonyl (C=O) groups is 1. The summed E-state index contributed by atoms with van der Waals surface area (Å²) in [6.45, 7) is 4.65. The molecule has 16 heavy (non-hydrogen) atoms. The van der Waals surface area contributed by atoms with Gasteiger partial charge in [-0.25, -0.2) is 0 Å². The smallest absolute Gasteiger partial charge is 0.323 e. The molecule has 0 atom stereocenters. The zero-order chi connectivity index (χ0) is 12.1. The number of hydrogen-bond acceptors (Lipinski definition) is 2. The van der Waals surface area contributed by atoms with Gasteiger partial charge in [-0.2, -0.15) is 0 Å². The Balaban J connectivity index is 3.00. The minimum absolute atomic E-state index is 0.00895. The molecule has 0 aliphatic heterocycles. The van der Waals surface area contributed by atoms with Gasteiger partial charge in [-0.1, -0.05) is 24.6 Å². The Morgan fingerprint density at radius 3 is 2.75 bits per heavy atom. The third kappa shape index (κ3) is 3.14. The summed E-state index contributed by atoms with van der Waals surface area (Å²) in [5, 5.41) is 9.53. The number of benzene rings is 1. The number of anilines is 1. The highest BCUT2D eigenvalue weighted by atomic mass is 35.5. The SMILES string of the molecule is CCCN(CC(=O)O)c1cccc(Cl)c1C. The van der Waals surface area contributed by atoms with E-state index in [1.54, 1.807) is 0 Å². The summed E-state index contributed by atoms with van der Waals surface area (Å²) in [5.41, 5.74) is 1.83. The first-order valence-corrected chi connectivity index (χ1v) is 5.66. The van der Waals surface area contributed by atoms with Crippen LogP contribution in [0.4, 0.5) is 5.69 Å². The maximum atomic E-state index is 10.8. The highest BCUT2D eigenvalue weighted by Crippen LogP contribution is 2.26. The maximum absolute atomic E-state index is 10.8. The minimum atomic E-state index is -0.826. The van der Waals surface area contributed by atoms with Gasteiger partial charge in [-0.15, -0.1) is 0 Å². The normalized spacial score (nSPS) is 10.2. The molecule has 0 heterocycles. The van der Waals surface area contributed by atoms with Crippen molar-refractivity contribution in [3.05, 3.63) is 28.8 Å². The van der Waals surface area contributed by atoms with E-state index in [1.807, 2.05) is 36.9 Å². The molecule has 0 aromatic heterocycles. The summed E-state index contributed by atoms with van der Waals surface area (Å²) in [4.78, 5) is 12.6. The third-order valence-corrected chi connectivity index (χ3v) is 2.81. The number of carboxylic acids is 1. The quantitative estimate of drug-likeness (QED) is 0.862. The van der Waals surface area contributed by atoms with Gasteiger partial charge in [0.05, 0.1) is 0 Å². The Morgan fingerprint density at radius 1 is 1.50 bits per heavy atom. The fourth-order valence-corrected chi connectivity index (χ4v) is 1.83. The van der Waals surface area contributed by atoms with Crippen LogP contribution in [0.3, 0.4) is 0 Å². The lowest BCUT2D eigenvalue weighted by molar-refractivity contribution is -0.135. The molecule has 0 radical (unpaired) electrons. The summed E-state index contributed by atoms with van der Waals surface area (Å²) in [5.74, 6) is -0.826. The van der Waals surface area contributed by atoms with Crippen LogP contribution in [-0.4, -0.2) is 24.2 Å². The summed E-state index contributed by atoms with van der Waals surface area (Å²) >= 11 is 6.02. The lowest BCUT2D eigenvalue weighted by atomic mass is 10.1. The Labute approximate surface area is 101 Å². The van der Waals surface area contributed by atoms with Crippen molar-refractivity contribution in [3.63, 3.8) is 0 Å². The molecule has 4 heteroatoms. The van der Waals surface area contributed by atoms with Crippen LogP contribution < -0.4 is 4.90 Å². The van der Waals surface area contributed by atoms with Gasteiger partial charge in [-0.05, 0) is 31.0 Å². The van der Waals surface area contributed by atoms with Gasteiger partial charge in [0.15, 0.2) is 0 Å². The van der Waals surface area contributed by atoms with Gasteiger partial charge in [0, 0.05) is 17.3 Å². The number of hydrogen-bond donors (Lipinski definition) is 1. The lowest BCUT2D eigenvalue weighted by Crippen LogP contribution is -2.30. The highest BCUT2D eigenvalue weighted by molar-refractivity contribution is 6.31. The zero-order valence-electron chi connectivity index (χ0n) is 9.53. The second-order valence-corrected chi connectivity index (χ2v) is 4.11. The average Bonchev–Trinajstić information content (AvgIpc) is 2.21. The van der Waals surface area contributed by atoms with Gasteiger partial charge in [0.2, 0.25) is 0 Å². The molecule has 0 fully saturated rings. The zero-order valence-corrected chi connectivity index (χ0v) is 10.3. The average molecular weight is 242 g/mol. The van der Waals surface area contributed by atoms with Gasteiger partial charge in [0.1, 0.15) is 6.54 Å². The van der Waals surface area contributed by atoms with Crippen LogP contribution in [0.1, 0.15) is 18.9 Å². The van der Waals surface area contributed by atoms with E-state index in [2.05, 4.69) is 0 Å². The Hall–Kier alpha value is -1.22. The summed E-state index contributed by atoms with van der Waals surface area (Å²) in [6, 6.07) is 5.56. The number of aliphatic carboxylic acids is 1. The molecule has 0 aliphatic rings. The van der Waals surface area contributed by atoms with E-state index in [1.165, 1.54) is 0 Å². The topological polar surface area (TPSA) is 40.5 Å². The molecule has 88 valence electrons. The first kappa shape index (κ1) is 12.8. The Morgan fingerprint density at radius 2 is 2.19 bits per heavy atom. The molecule has 0 unspecified atom stereocenters. The third-order valence-electron chi connectivity index (χ3n) is 2.40. The van der Waals surface area contributed by atoms with E-state index in [0.717, 1.165) is 17.7 Å². The molecule has 1 aromatic rings. The molecule has 1 aromatic carbocycles. The van der Waals surface area contributed by atoms with E-state index in [-0.39, 0.29) is 6.54 Å². The van der Waals surface area contributed by atoms with Crippen LogP contribution in [0.15, 0.2) is 18.2 Å². The monoisotopic (exact) mass is 241 g/mol. The fourth-order valence-electron chi connectivity index (χ4n) is 1.66. The molecule has 0 aliphatic carbocycles. The van der Waals surface area contributed by atoms with Crippen molar-refractivity contribution in [3.8, 4) is 0 Å². The molecule has 1 rings (SSSR count). The van der Waals surface area contributed by atoms with Crippen molar-refractivity contribution in [2.24, 2.45) is 0 Å². The first-order chi connectivity index (χ1) is 7.56. The second-order valence-electron chi connectivity index (χ2n) is 3.70. The van der Waals surface area contributed by atoms with Gasteiger partial charge >= 0.3 is 5.97 Å². The number of halogens is 1. The van der Waals surface area contributed by atoms with Crippen LogP contribution in [0.5, 0.6) is 0 Å². The van der Waals surface area contributed by atoms with Crippen LogP contribution in [-0.2, 0) is 4.79 Å². The first-order valence-electron chi connectivity index (χ1n) is 5.28. The molecule has 0 spiro atoms. The summed E-state index contributed by atoms with van der Waals surface area (Å²) in [7, 11) is 0. The molecular weight excluding hydrogens is 226 g/mol. The van der Waals surface area contributed by atoms with E-state index in [9.17, 15) is 4.79 Å². The van der Waals surface area contributed by atoms with Crippen molar-refractivity contribution in [1.82, 2.24) is 0 Å². The minimum Gasteiger partial charge on any atom is -0.480 e. The summed E-state index contributed by atoms with van der Waals surface area (Å²) in [6.07, 6.45) is 0.902. The van der Waals surface area contributed by atoms with Crippen molar-refractivity contribution >= 4 is 23.3 Å². The van der Waals surface area contributed by atoms with Gasteiger partial charge < -0.3 is 10.0 Å². The fraction of sp³-hybridized carbons (Fsp3) is 0.417. The van der Waals surface area contributed by atoms with Gasteiger partial charge in [-0.3, -0.25) is 4.79 Å². The van der Waals surface area contributed by atoms with E-state index < -0.39 is 5.97 Å². The van der Waals surface area contributed by atoms with Gasteiger partial charge in [0.25, 0.3) is 0 Å². The predicted molar refractivity (Wildman–Crippen MR) is 66.3 cm³/mol. The predicted octanol–water partition coefficient (Wildman–Crippen LogP) is 2.95. The standard InChI is InChI=1S/C12H16ClNO2/c1-3-7-14(8-12(15)16)11-6-4-5-10(13)9(11)2/h4-6H,3,7-8H2,1-2H3,(H,15,16).